The van der Waals surface area contributed by atoms with Gasteiger partial charge >= 0.3 is 0 Å². The predicted octanol–water partition coefficient (Wildman–Crippen LogP) is 3.30. The SMILES string of the molecule is CC[Si]1(CC)c2cc(OC)c(OC)cc2-c2cc(OC)c(OC)cc21. The number of ether oxygens (including phenoxy) is 4. The molecular formula is C20H26O4Si. The summed E-state index contributed by atoms with van der Waals surface area (Å²) >= 11 is 0. The third kappa shape index (κ3) is 2.41. The number of methoxy groups -OCH3 is 4. The molecule has 0 saturated heterocycles. The van der Waals surface area contributed by atoms with Crippen molar-refractivity contribution in [2.75, 3.05) is 28.4 Å². The maximum atomic E-state index is 5.58. The molecule has 1 aliphatic heterocycles. The van der Waals surface area contributed by atoms with Crippen LogP contribution in [0.15, 0.2) is 24.3 Å². The van der Waals surface area contributed by atoms with Gasteiger partial charge in [0.05, 0.1) is 28.4 Å². The Morgan fingerprint density at radius 1 is 0.600 bits per heavy atom. The fourth-order valence-electron chi connectivity index (χ4n) is 4.15. The predicted molar refractivity (Wildman–Crippen MR) is 104 cm³/mol. The highest BCUT2D eigenvalue weighted by Crippen LogP contribution is 2.42. The maximum absolute atomic E-state index is 5.58. The van der Waals surface area contributed by atoms with E-state index in [2.05, 4.69) is 38.1 Å². The van der Waals surface area contributed by atoms with E-state index in [1.807, 2.05) is 0 Å². The van der Waals surface area contributed by atoms with Crippen molar-refractivity contribution in [1.29, 1.82) is 0 Å². The standard InChI is InChI=1S/C20H26O4Si/c1-7-25(8-2)19-11-17(23-5)15(21-3)9-13(19)14-10-16(22-4)18(24-6)12-20(14)25/h9-12H,7-8H2,1-6H3. The minimum atomic E-state index is -1.86. The lowest BCUT2D eigenvalue weighted by Gasteiger charge is -2.27. The molecule has 0 radical (unpaired) electrons. The Balaban J connectivity index is 2.37. The Labute approximate surface area is 150 Å². The highest BCUT2D eigenvalue weighted by Gasteiger charge is 2.44. The molecule has 3 rings (SSSR count). The molecule has 0 aliphatic carbocycles. The molecule has 0 spiro atoms. The number of benzene rings is 2. The first-order chi connectivity index (χ1) is 12.1. The molecule has 0 amide bonds. The van der Waals surface area contributed by atoms with Crippen LogP contribution in [0, 0.1) is 0 Å². The second-order valence-electron chi connectivity index (χ2n) is 6.29. The summed E-state index contributed by atoms with van der Waals surface area (Å²) in [4.78, 5) is 0. The number of hydrogen-bond donors (Lipinski definition) is 0. The Bertz CT molecular complexity index is 733. The highest BCUT2D eigenvalue weighted by atomic mass is 28.3. The van der Waals surface area contributed by atoms with E-state index in [1.165, 1.54) is 21.5 Å². The summed E-state index contributed by atoms with van der Waals surface area (Å²) in [5.74, 6) is 3.12. The lowest BCUT2D eigenvalue weighted by atomic mass is 10.0. The number of hydrogen-bond acceptors (Lipinski definition) is 4. The van der Waals surface area contributed by atoms with Crippen LogP contribution in [0.25, 0.3) is 11.1 Å². The van der Waals surface area contributed by atoms with E-state index in [0.717, 1.165) is 35.1 Å². The van der Waals surface area contributed by atoms with E-state index in [4.69, 9.17) is 18.9 Å². The largest absolute Gasteiger partial charge is 0.493 e. The molecule has 5 heteroatoms. The fraction of sp³-hybridized carbons (Fsp3) is 0.400. The molecule has 0 aromatic heterocycles. The van der Waals surface area contributed by atoms with Gasteiger partial charge in [-0.2, -0.15) is 0 Å². The Morgan fingerprint density at radius 2 is 0.920 bits per heavy atom. The summed E-state index contributed by atoms with van der Waals surface area (Å²) in [7, 11) is 4.89. The summed E-state index contributed by atoms with van der Waals surface area (Å²) in [6.07, 6.45) is 0. The van der Waals surface area contributed by atoms with E-state index < -0.39 is 8.07 Å². The molecule has 4 nitrogen and oxygen atoms in total. The lowest BCUT2D eigenvalue weighted by molar-refractivity contribution is 0.355. The molecule has 0 fully saturated rings. The monoisotopic (exact) mass is 358 g/mol. The normalized spacial score (nSPS) is 13.8. The molecule has 2 aromatic carbocycles. The van der Waals surface area contributed by atoms with Crippen molar-refractivity contribution >= 4 is 18.4 Å². The first-order valence-electron chi connectivity index (χ1n) is 8.63. The zero-order valence-electron chi connectivity index (χ0n) is 15.9. The Hall–Kier alpha value is -2.14. The van der Waals surface area contributed by atoms with Crippen molar-refractivity contribution in [3.8, 4) is 34.1 Å². The van der Waals surface area contributed by atoms with Gasteiger partial charge in [-0.05, 0) is 45.8 Å². The molecule has 0 atom stereocenters. The van der Waals surface area contributed by atoms with Gasteiger partial charge in [-0.1, -0.05) is 25.9 Å². The van der Waals surface area contributed by atoms with Gasteiger partial charge in [0.15, 0.2) is 23.0 Å². The lowest BCUT2D eigenvalue weighted by Crippen LogP contribution is -2.54. The topological polar surface area (TPSA) is 36.9 Å². The van der Waals surface area contributed by atoms with Crippen molar-refractivity contribution < 1.29 is 18.9 Å². The van der Waals surface area contributed by atoms with Gasteiger partial charge in [0.1, 0.15) is 8.07 Å². The van der Waals surface area contributed by atoms with Crippen molar-refractivity contribution in [2.24, 2.45) is 0 Å². The van der Waals surface area contributed by atoms with Crippen molar-refractivity contribution in [3.63, 3.8) is 0 Å². The van der Waals surface area contributed by atoms with Crippen LogP contribution in [0.1, 0.15) is 13.8 Å². The van der Waals surface area contributed by atoms with Crippen LogP contribution in [-0.4, -0.2) is 36.5 Å². The summed E-state index contributed by atoms with van der Waals surface area (Å²) in [5.41, 5.74) is 2.48. The summed E-state index contributed by atoms with van der Waals surface area (Å²) in [6, 6.07) is 10.9. The first-order valence-corrected chi connectivity index (χ1v) is 11.0. The minimum Gasteiger partial charge on any atom is -0.493 e. The second-order valence-corrected chi connectivity index (χ2v) is 11.0. The van der Waals surface area contributed by atoms with Crippen LogP contribution in [0.3, 0.4) is 0 Å². The summed E-state index contributed by atoms with van der Waals surface area (Å²) in [5, 5.41) is 2.83. The smallest absolute Gasteiger partial charge is 0.161 e. The molecular weight excluding hydrogens is 332 g/mol. The van der Waals surface area contributed by atoms with Crippen LogP contribution >= 0.6 is 0 Å². The molecule has 1 aliphatic rings. The van der Waals surface area contributed by atoms with Gasteiger partial charge in [0.2, 0.25) is 0 Å². The van der Waals surface area contributed by atoms with Gasteiger partial charge in [-0.25, -0.2) is 0 Å². The van der Waals surface area contributed by atoms with Gasteiger partial charge in [0.25, 0.3) is 0 Å². The quantitative estimate of drug-likeness (QED) is 0.743. The molecule has 25 heavy (non-hydrogen) atoms. The van der Waals surface area contributed by atoms with E-state index >= 15 is 0 Å². The fourth-order valence-corrected chi connectivity index (χ4v) is 8.73. The zero-order valence-corrected chi connectivity index (χ0v) is 16.9. The summed E-state index contributed by atoms with van der Waals surface area (Å²) < 4.78 is 22.3. The molecule has 0 N–H and O–H groups in total. The van der Waals surface area contributed by atoms with Crippen LogP contribution in [0.5, 0.6) is 23.0 Å². The molecule has 0 bridgehead atoms. The van der Waals surface area contributed by atoms with Crippen molar-refractivity contribution in [2.45, 2.75) is 25.9 Å². The third-order valence-corrected chi connectivity index (χ3v) is 10.9. The number of rotatable bonds is 6. The van der Waals surface area contributed by atoms with E-state index in [0.29, 0.717) is 0 Å². The van der Waals surface area contributed by atoms with E-state index in [1.54, 1.807) is 28.4 Å². The van der Waals surface area contributed by atoms with Gasteiger partial charge in [-0.3, -0.25) is 0 Å². The molecule has 1 heterocycles. The molecule has 2 aromatic rings. The van der Waals surface area contributed by atoms with Crippen LogP contribution in [0.2, 0.25) is 12.1 Å². The van der Waals surface area contributed by atoms with Gasteiger partial charge < -0.3 is 18.9 Å². The van der Waals surface area contributed by atoms with Gasteiger partial charge in [0, 0.05) is 0 Å². The van der Waals surface area contributed by atoms with Crippen LogP contribution < -0.4 is 29.3 Å². The molecule has 134 valence electrons. The van der Waals surface area contributed by atoms with Crippen molar-refractivity contribution in [3.05, 3.63) is 24.3 Å². The van der Waals surface area contributed by atoms with Crippen molar-refractivity contribution in [1.82, 2.24) is 0 Å². The number of fused-ring (bicyclic) bond motifs is 3. The average molecular weight is 359 g/mol. The first kappa shape index (κ1) is 17.7. The summed E-state index contributed by atoms with van der Waals surface area (Å²) in [6.45, 7) is 4.59. The van der Waals surface area contributed by atoms with Gasteiger partial charge in [-0.15, -0.1) is 0 Å². The van der Waals surface area contributed by atoms with Crippen LogP contribution in [-0.2, 0) is 0 Å². The molecule has 0 saturated carbocycles. The Kier molecular flexibility index (Phi) is 4.69. The third-order valence-electron chi connectivity index (χ3n) is 5.58. The highest BCUT2D eigenvalue weighted by molar-refractivity contribution is 7.05. The Morgan fingerprint density at radius 3 is 1.20 bits per heavy atom. The molecule has 0 unspecified atom stereocenters. The maximum Gasteiger partial charge on any atom is 0.161 e. The van der Waals surface area contributed by atoms with E-state index in [9.17, 15) is 0 Å². The van der Waals surface area contributed by atoms with Crippen LogP contribution in [0.4, 0.5) is 0 Å². The van der Waals surface area contributed by atoms with E-state index in [-0.39, 0.29) is 0 Å². The minimum absolute atomic E-state index is 0.763. The second kappa shape index (κ2) is 6.63. The average Bonchev–Trinajstić information content (AvgIpc) is 2.93. The zero-order chi connectivity index (χ0) is 18.2.